The van der Waals surface area contributed by atoms with Gasteiger partial charge in [0.05, 0.1) is 11.4 Å². The fourth-order valence-corrected chi connectivity index (χ4v) is 2.52. The fraction of sp³-hybridized carbons (Fsp3) is 0.733. The fourth-order valence-electron chi connectivity index (χ4n) is 2.52. The van der Waals surface area contributed by atoms with E-state index in [0.29, 0.717) is 0 Å². The van der Waals surface area contributed by atoms with Crippen molar-refractivity contribution in [3.05, 3.63) is 23.5 Å². The molecule has 1 aliphatic rings. The Labute approximate surface area is 110 Å². The van der Waals surface area contributed by atoms with Crippen molar-refractivity contribution in [1.82, 2.24) is 15.5 Å². The smallest absolute Gasteiger partial charge is 0.0636 e. The van der Waals surface area contributed by atoms with E-state index >= 15 is 0 Å². The second kappa shape index (κ2) is 5.79. The van der Waals surface area contributed by atoms with Gasteiger partial charge < -0.3 is 5.32 Å². The van der Waals surface area contributed by atoms with Crippen molar-refractivity contribution in [2.75, 3.05) is 13.1 Å². The van der Waals surface area contributed by atoms with Gasteiger partial charge in [-0.3, -0.25) is 0 Å². The first kappa shape index (κ1) is 13.5. The molecule has 1 N–H and O–H groups in total. The summed E-state index contributed by atoms with van der Waals surface area (Å²) in [5.41, 5.74) is 2.54. The topological polar surface area (TPSA) is 37.8 Å². The first-order valence-corrected chi connectivity index (χ1v) is 7.05. The third kappa shape index (κ3) is 4.37. The molecule has 1 saturated heterocycles. The molecule has 3 nitrogen and oxygen atoms in total. The van der Waals surface area contributed by atoms with Crippen molar-refractivity contribution in [2.24, 2.45) is 11.3 Å². The number of nitrogens with one attached hydrogen (secondary N) is 1. The Kier molecular flexibility index (Phi) is 4.33. The minimum absolute atomic E-state index is 0.283. The van der Waals surface area contributed by atoms with Crippen LogP contribution in [0, 0.1) is 11.3 Å². The van der Waals surface area contributed by atoms with Crippen LogP contribution in [0.15, 0.2) is 12.1 Å². The number of nitrogens with zero attached hydrogens (tertiary/aromatic N) is 2. The molecule has 0 saturated carbocycles. The molecule has 18 heavy (non-hydrogen) atoms. The van der Waals surface area contributed by atoms with E-state index in [9.17, 15) is 0 Å². The predicted octanol–water partition coefficient (Wildman–Crippen LogP) is 2.61. The summed E-state index contributed by atoms with van der Waals surface area (Å²) in [5.74, 6) is 0.786. The van der Waals surface area contributed by atoms with Gasteiger partial charge in [0.2, 0.25) is 0 Å². The molecule has 0 spiro atoms. The Hall–Kier alpha value is -0.960. The molecule has 0 bridgehead atoms. The van der Waals surface area contributed by atoms with Crippen LogP contribution in [0.25, 0.3) is 0 Å². The molecule has 2 heterocycles. The highest BCUT2D eigenvalue weighted by molar-refractivity contribution is 5.09. The van der Waals surface area contributed by atoms with Crippen molar-refractivity contribution in [3.63, 3.8) is 0 Å². The third-order valence-electron chi connectivity index (χ3n) is 3.44. The van der Waals surface area contributed by atoms with Gasteiger partial charge in [0.15, 0.2) is 0 Å². The molecule has 100 valence electrons. The van der Waals surface area contributed by atoms with E-state index in [2.05, 4.69) is 48.4 Å². The van der Waals surface area contributed by atoms with Gasteiger partial charge in [-0.15, -0.1) is 0 Å². The van der Waals surface area contributed by atoms with Gasteiger partial charge in [-0.1, -0.05) is 20.8 Å². The lowest BCUT2D eigenvalue weighted by molar-refractivity contribution is 0.368. The maximum absolute atomic E-state index is 4.39. The lowest BCUT2D eigenvalue weighted by Gasteiger charge is -2.22. The summed E-state index contributed by atoms with van der Waals surface area (Å²) in [4.78, 5) is 0. The molecule has 3 heteroatoms. The Morgan fingerprint density at radius 3 is 2.28 bits per heavy atom. The van der Waals surface area contributed by atoms with Gasteiger partial charge in [0.25, 0.3) is 0 Å². The Morgan fingerprint density at radius 1 is 1.11 bits per heavy atom. The number of hydrogen-bond donors (Lipinski definition) is 1. The van der Waals surface area contributed by atoms with Crippen molar-refractivity contribution in [3.8, 4) is 0 Å². The average molecular weight is 247 g/mol. The summed E-state index contributed by atoms with van der Waals surface area (Å²) < 4.78 is 0. The zero-order chi connectivity index (χ0) is 13.0. The molecular weight excluding hydrogens is 222 g/mol. The predicted molar refractivity (Wildman–Crippen MR) is 74.5 cm³/mol. The molecule has 1 aliphatic heterocycles. The van der Waals surface area contributed by atoms with Gasteiger partial charge >= 0.3 is 0 Å². The lowest BCUT2D eigenvalue weighted by atomic mass is 9.90. The van der Waals surface area contributed by atoms with Crippen LogP contribution in [0.3, 0.4) is 0 Å². The van der Waals surface area contributed by atoms with Crippen LogP contribution in [0.1, 0.15) is 45.0 Å². The molecule has 0 unspecified atom stereocenters. The number of rotatable bonds is 3. The maximum atomic E-state index is 4.39. The largest absolute Gasteiger partial charge is 0.317 e. The van der Waals surface area contributed by atoms with E-state index in [1.807, 2.05) is 0 Å². The SMILES string of the molecule is CC(C)(C)Cc1ccc(CC2CCNCC2)nn1. The molecule has 0 radical (unpaired) electrons. The summed E-state index contributed by atoms with van der Waals surface area (Å²) in [5, 5.41) is 12.1. The van der Waals surface area contributed by atoms with E-state index in [0.717, 1.165) is 43.2 Å². The third-order valence-corrected chi connectivity index (χ3v) is 3.44. The molecule has 1 fully saturated rings. The van der Waals surface area contributed by atoms with Crippen LogP contribution in [0.2, 0.25) is 0 Å². The Bertz CT molecular complexity index is 358. The molecule has 0 aliphatic carbocycles. The Morgan fingerprint density at radius 2 is 1.72 bits per heavy atom. The quantitative estimate of drug-likeness (QED) is 0.892. The monoisotopic (exact) mass is 247 g/mol. The lowest BCUT2D eigenvalue weighted by Crippen LogP contribution is -2.28. The number of piperidine rings is 1. The van der Waals surface area contributed by atoms with Crippen molar-refractivity contribution < 1.29 is 0 Å². The molecule has 1 aromatic heterocycles. The zero-order valence-corrected chi connectivity index (χ0v) is 11.9. The van der Waals surface area contributed by atoms with Gasteiger partial charge in [-0.25, -0.2) is 0 Å². The van der Waals surface area contributed by atoms with Crippen LogP contribution in [0.5, 0.6) is 0 Å². The first-order chi connectivity index (χ1) is 8.53. The van der Waals surface area contributed by atoms with Crippen LogP contribution in [-0.4, -0.2) is 23.3 Å². The maximum Gasteiger partial charge on any atom is 0.0636 e. The van der Waals surface area contributed by atoms with E-state index in [-0.39, 0.29) is 5.41 Å². The molecule has 1 aromatic rings. The molecule has 0 amide bonds. The van der Waals surface area contributed by atoms with Crippen LogP contribution >= 0.6 is 0 Å². The second-order valence-electron chi connectivity index (χ2n) is 6.65. The van der Waals surface area contributed by atoms with E-state index in [4.69, 9.17) is 0 Å². The molecule has 2 rings (SSSR count). The first-order valence-electron chi connectivity index (χ1n) is 7.05. The van der Waals surface area contributed by atoms with Gasteiger partial charge in [0, 0.05) is 0 Å². The van der Waals surface area contributed by atoms with E-state index in [1.165, 1.54) is 12.8 Å². The summed E-state index contributed by atoms with van der Waals surface area (Å²) in [6, 6.07) is 4.31. The number of aromatic nitrogens is 2. The number of hydrogen-bond acceptors (Lipinski definition) is 3. The average Bonchev–Trinajstić information content (AvgIpc) is 2.31. The molecular formula is C15H25N3. The molecule has 0 atom stereocenters. The summed E-state index contributed by atoms with van der Waals surface area (Å²) >= 11 is 0. The van der Waals surface area contributed by atoms with Crippen molar-refractivity contribution >= 4 is 0 Å². The van der Waals surface area contributed by atoms with E-state index in [1.54, 1.807) is 0 Å². The van der Waals surface area contributed by atoms with Crippen molar-refractivity contribution in [2.45, 2.75) is 46.5 Å². The zero-order valence-electron chi connectivity index (χ0n) is 11.9. The van der Waals surface area contributed by atoms with Gasteiger partial charge in [0.1, 0.15) is 0 Å². The Balaban J connectivity index is 1.90. The van der Waals surface area contributed by atoms with Crippen LogP contribution < -0.4 is 5.32 Å². The standard InChI is InChI=1S/C15H25N3/c1-15(2,3)11-14-5-4-13(17-18-14)10-12-6-8-16-9-7-12/h4-5,12,16H,6-11H2,1-3H3. The molecule has 0 aromatic carbocycles. The summed E-state index contributed by atoms with van der Waals surface area (Å²) in [7, 11) is 0. The summed E-state index contributed by atoms with van der Waals surface area (Å²) in [6.07, 6.45) is 4.62. The van der Waals surface area contributed by atoms with Crippen molar-refractivity contribution in [1.29, 1.82) is 0 Å². The second-order valence-corrected chi connectivity index (χ2v) is 6.65. The highest BCUT2D eigenvalue weighted by Crippen LogP contribution is 2.20. The normalized spacial score (nSPS) is 17.9. The highest BCUT2D eigenvalue weighted by Gasteiger charge is 2.15. The highest BCUT2D eigenvalue weighted by atomic mass is 15.1. The van der Waals surface area contributed by atoms with Crippen LogP contribution in [0.4, 0.5) is 0 Å². The minimum Gasteiger partial charge on any atom is -0.317 e. The van der Waals surface area contributed by atoms with E-state index < -0.39 is 0 Å². The summed E-state index contributed by atoms with van der Waals surface area (Å²) in [6.45, 7) is 9.01. The minimum atomic E-state index is 0.283. The van der Waals surface area contributed by atoms with Gasteiger partial charge in [-0.2, -0.15) is 10.2 Å². The van der Waals surface area contributed by atoms with Gasteiger partial charge in [-0.05, 0) is 62.2 Å². The van der Waals surface area contributed by atoms with Crippen LogP contribution in [-0.2, 0) is 12.8 Å².